The molecule has 0 saturated heterocycles. The average molecular weight is 353 g/mol. The molecule has 3 aromatic rings. The van der Waals surface area contributed by atoms with E-state index in [1.165, 1.54) is 0 Å². The molecule has 0 saturated carbocycles. The van der Waals surface area contributed by atoms with E-state index in [9.17, 15) is 13.2 Å². The molecule has 0 radical (unpaired) electrons. The Kier molecular flexibility index (Phi) is 4.13. The molecule has 0 aliphatic carbocycles. The van der Waals surface area contributed by atoms with Crippen LogP contribution in [0.25, 0.3) is 5.65 Å². The van der Waals surface area contributed by atoms with Gasteiger partial charge in [-0.3, -0.25) is 4.68 Å². The van der Waals surface area contributed by atoms with Crippen molar-refractivity contribution in [1.29, 1.82) is 0 Å². The van der Waals surface area contributed by atoms with Crippen molar-refractivity contribution in [3.63, 3.8) is 0 Å². The second-order valence-corrected chi connectivity index (χ2v) is 6.33. The second-order valence-electron chi connectivity index (χ2n) is 6.33. The van der Waals surface area contributed by atoms with Crippen molar-refractivity contribution >= 4 is 17.2 Å². The van der Waals surface area contributed by atoms with Gasteiger partial charge in [0.15, 0.2) is 11.5 Å². The fraction of sp³-hybridized carbons (Fsp3) is 0.467. The first-order chi connectivity index (χ1) is 11.7. The standard InChI is InChI=1S/C15H18F3N7/c1-8(2)6-24-7-11(5-19-24)20-12-9(3)10(4)13-21-22-14(15(16,17)18)25(13)23-12/h5,7-8H,6H2,1-4H3,(H,20,23). The molecular weight excluding hydrogens is 335 g/mol. The fourth-order valence-corrected chi connectivity index (χ4v) is 2.46. The Bertz CT molecular complexity index is 908. The molecule has 0 fully saturated rings. The molecule has 0 aliphatic rings. The van der Waals surface area contributed by atoms with Gasteiger partial charge in [-0.2, -0.15) is 22.8 Å². The maximum absolute atomic E-state index is 13.1. The van der Waals surface area contributed by atoms with Gasteiger partial charge >= 0.3 is 6.18 Å². The normalized spacial score (nSPS) is 12.3. The molecule has 0 atom stereocenters. The van der Waals surface area contributed by atoms with Crippen molar-refractivity contribution in [2.75, 3.05) is 5.32 Å². The number of aryl methyl sites for hydroxylation is 1. The molecule has 25 heavy (non-hydrogen) atoms. The predicted octanol–water partition coefficient (Wildman–Crippen LogP) is 3.36. The summed E-state index contributed by atoms with van der Waals surface area (Å²) in [6, 6.07) is 0. The number of nitrogens with zero attached hydrogens (tertiary/aromatic N) is 6. The lowest BCUT2D eigenvalue weighted by atomic mass is 10.2. The van der Waals surface area contributed by atoms with E-state index in [2.05, 4.69) is 39.6 Å². The lowest BCUT2D eigenvalue weighted by Crippen LogP contribution is -2.14. The summed E-state index contributed by atoms with van der Waals surface area (Å²) in [4.78, 5) is 0. The molecule has 134 valence electrons. The van der Waals surface area contributed by atoms with Crippen molar-refractivity contribution in [1.82, 2.24) is 29.6 Å². The highest BCUT2D eigenvalue weighted by molar-refractivity contribution is 5.63. The first kappa shape index (κ1) is 17.2. The lowest BCUT2D eigenvalue weighted by Gasteiger charge is -2.11. The molecule has 3 aromatic heterocycles. The van der Waals surface area contributed by atoms with Gasteiger partial charge in [-0.25, -0.2) is 0 Å². The Morgan fingerprint density at radius 3 is 2.52 bits per heavy atom. The van der Waals surface area contributed by atoms with Crippen LogP contribution < -0.4 is 5.32 Å². The smallest absolute Gasteiger partial charge is 0.336 e. The summed E-state index contributed by atoms with van der Waals surface area (Å²) in [5.74, 6) is -0.416. The van der Waals surface area contributed by atoms with E-state index in [1.54, 1.807) is 30.9 Å². The molecule has 0 spiro atoms. The number of hydrogen-bond acceptors (Lipinski definition) is 5. The Morgan fingerprint density at radius 1 is 1.16 bits per heavy atom. The number of halogens is 3. The van der Waals surface area contributed by atoms with Crippen LogP contribution in [-0.4, -0.2) is 29.6 Å². The molecule has 3 heterocycles. The van der Waals surface area contributed by atoms with Gasteiger partial charge in [-0.15, -0.1) is 15.3 Å². The van der Waals surface area contributed by atoms with E-state index in [0.717, 1.165) is 11.1 Å². The minimum atomic E-state index is -4.63. The second kappa shape index (κ2) is 6.01. The number of anilines is 2. The summed E-state index contributed by atoms with van der Waals surface area (Å²) < 4.78 is 41.7. The quantitative estimate of drug-likeness (QED) is 0.779. The largest absolute Gasteiger partial charge is 0.453 e. The average Bonchev–Trinajstić information content (AvgIpc) is 3.10. The van der Waals surface area contributed by atoms with Crippen LogP contribution in [0.15, 0.2) is 12.4 Å². The maximum Gasteiger partial charge on any atom is 0.453 e. The summed E-state index contributed by atoms with van der Waals surface area (Å²) in [6.45, 7) is 8.35. The summed E-state index contributed by atoms with van der Waals surface area (Å²) in [7, 11) is 0. The van der Waals surface area contributed by atoms with Crippen LogP contribution in [-0.2, 0) is 12.7 Å². The Balaban J connectivity index is 2.01. The third kappa shape index (κ3) is 3.28. The molecule has 0 aliphatic heterocycles. The molecule has 0 bridgehead atoms. The van der Waals surface area contributed by atoms with Crippen molar-refractivity contribution in [3.05, 3.63) is 29.3 Å². The maximum atomic E-state index is 13.1. The van der Waals surface area contributed by atoms with Gasteiger partial charge in [-0.05, 0) is 19.8 Å². The molecule has 3 rings (SSSR count). The molecule has 0 unspecified atom stereocenters. The zero-order chi connectivity index (χ0) is 18.4. The topological polar surface area (TPSA) is 72.9 Å². The zero-order valence-corrected chi connectivity index (χ0v) is 14.3. The van der Waals surface area contributed by atoms with Crippen LogP contribution in [0.4, 0.5) is 24.7 Å². The Morgan fingerprint density at radius 2 is 1.88 bits per heavy atom. The highest BCUT2D eigenvalue weighted by atomic mass is 19.4. The van der Waals surface area contributed by atoms with Crippen LogP contribution in [0.2, 0.25) is 0 Å². The number of aromatic nitrogens is 6. The summed E-state index contributed by atoms with van der Waals surface area (Å²) >= 11 is 0. The van der Waals surface area contributed by atoms with E-state index in [1.807, 2.05) is 0 Å². The molecule has 0 aromatic carbocycles. The summed E-state index contributed by atoms with van der Waals surface area (Å²) in [5.41, 5.74) is 2.02. The van der Waals surface area contributed by atoms with Crippen LogP contribution in [0.5, 0.6) is 0 Å². The molecule has 0 amide bonds. The summed E-state index contributed by atoms with van der Waals surface area (Å²) in [6.07, 6.45) is -1.23. The Hall–Kier alpha value is -2.65. The SMILES string of the molecule is Cc1c(Nc2cnn(CC(C)C)c2)nn2c(C(F)(F)F)nnc2c1C. The zero-order valence-electron chi connectivity index (χ0n) is 14.3. The van der Waals surface area contributed by atoms with Crippen molar-refractivity contribution < 1.29 is 13.2 Å². The van der Waals surface area contributed by atoms with E-state index >= 15 is 0 Å². The van der Waals surface area contributed by atoms with Crippen molar-refractivity contribution in [2.24, 2.45) is 5.92 Å². The number of fused-ring (bicyclic) bond motifs is 1. The first-order valence-electron chi connectivity index (χ1n) is 7.76. The highest BCUT2D eigenvalue weighted by Crippen LogP contribution is 2.30. The third-order valence-electron chi connectivity index (χ3n) is 3.80. The number of rotatable bonds is 4. The van der Waals surface area contributed by atoms with Crippen LogP contribution in [0.3, 0.4) is 0 Å². The van der Waals surface area contributed by atoms with Gasteiger partial charge in [0.25, 0.3) is 5.82 Å². The van der Waals surface area contributed by atoms with E-state index < -0.39 is 12.0 Å². The minimum Gasteiger partial charge on any atom is -0.336 e. The number of nitrogens with one attached hydrogen (secondary N) is 1. The van der Waals surface area contributed by atoms with Gasteiger partial charge in [-0.1, -0.05) is 13.8 Å². The van der Waals surface area contributed by atoms with Crippen LogP contribution in [0.1, 0.15) is 30.8 Å². The number of alkyl halides is 3. The third-order valence-corrected chi connectivity index (χ3v) is 3.80. The van der Waals surface area contributed by atoms with Crippen molar-refractivity contribution in [3.8, 4) is 0 Å². The van der Waals surface area contributed by atoms with Gasteiger partial charge in [0.05, 0.1) is 11.9 Å². The van der Waals surface area contributed by atoms with Gasteiger partial charge in [0.1, 0.15) is 0 Å². The number of hydrogen-bond donors (Lipinski definition) is 1. The van der Waals surface area contributed by atoms with E-state index in [-0.39, 0.29) is 5.65 Å². The van der Waals surface area contributed by atoms with E-state index in [0.29, 0.717) is 28.6 Å². The van der Waals surface area contributed by atoms with Gasteiger partial charge in [0, 0.05) is 23.9 Å². The molecule has 10 heteroatoms. The van der Waals surface area contributed by atoms with E-state index in [4.69, 9.17) is 0 Å². The van der Waals surface area contributed by atoms with Gasteiger partial charge < -0.3 is 5.32 Å². The first-order valence-corrected chi connectivity index (χ1v) is 7.76. The molecular formula is C15H18F3N7. The van der Waals surface area contributed by atoms with Crippen molar-refractivity contribution in [2.45, 2.75) is 40.4 Å². The summed E-state index contributed by atoms with van der Waals surface area (Å²) in [5, 5.41) is 18.2. The van der Waals surface area contributed by atoms with Crippen LogP contribution in [0, 0.1) is 19.8 Å². The molecule has 1 N–H and O–H groups in total. The predicted molar refractivity (Wildman–Crippen MR) is 85.6 cm³/mol. The highest BCUT2D eigenvalue weighted by Gasteiger charge is 2.38. The monoisotopic (exact) mass is 353 g/mol. The van der Waals surface area contributed by atoms with Crippen LogP contribution >= 0.6 is 0 Å². The lowest BCUT2D eigenvalue weighted by molar-refractivity contribution is -0.146. The minimum absolute atomic E-state index is 0.0888. The Labute approximate surface area is 141 Å². The van der Waals surface area contributed by atoms with Gasteiger partial charge in [0.2, 0.25) is 0 Å². The molecule has 7 nitrogen and oxygen atoms in total. The fourth-order valence-electron chi connectivity index (χ4n) is 2.46.